The van der Waals surface area contributed by atoms with Gasteiger partial charge in [0.05, 0.1) is 0 Å². The van der Waals surface area contributed by atoms with Gasteiger partial charge >= 0.3 is 0 Å². The third-order valence-electron chi connectivity index (χ3n) is 3.39. The molecule has 106 valence electrons. The fourth-order valence-electron chi connectivity index (χ4n) is 2.07. The van der Waals surface area contributed by atoms with Gasteiger partial charge in [-0.25, -0.2) is 0 Å². The van der Waals surface area contributed by atoms with Gasteiger partial charge in [0.15, 0.2) is 0 Å². The van der Waals surface area contributed by atoms with Crippen molar-refractivity contribution >= 4 is 0 Å². The Morgan fingerprint density at radius 3 is 2.71 bits per heavy atom. The maximum atomic E-state index is 5.69. The van der Waals surface area contributed by atoms with E-state index >= 15 is 0 Å². The van der Waals surface area contributed by atoms with Crippen molar-refractivity contribution in [2.24, 2.45) is 0 Å². The molecule has 3 rings (SSSR count). The summed E-state index contributed by atoms with van der Waals surface area (Å²) in [5, 5.41) is 3.51. The van der Waals surface area contributed by atoms with Crippen LogP contribution in [0.4, 0.5) is 0 Å². The minimum Gasteiger partial charge on any atom is -0.481 e. The lowest BCUT2D eigenvalue weighted by Crippen LogP contribution is -2.15. The molecule has 1 N–H and O–H groups in total. The van der Waals surface area contributed by atoms with Crippen LogP contribution in [0.3, 0.4) is 0 Å². The van der Waals surface area contributed by atoms with E-state index < -0.39 is 0 Å². The monoisotopic (exact) mass is 277 g/mol. The van der Waals surface area contributed by atoms with E-state index in [0.29, 0.717) is 6.61 Å². The van der Waals surface area contributed by atoms with E-state index in [1.807, 2.05) is 42.5 Å². The summed E-state index contributed by atoms with van der Waals surface area (Å²) < 4.78 is 5.69. The zero-order valence-electron chi connectivity index (χ0n) is 12.0. The predicted octanol–water partition coefficient (Wildman–Crippen LogP) is 3.37. The van der Waals surface area contributed by atoms with Crippen LogP contribution in [0.5, 0.6) is 5.75 Å². The first-order valence-electron chi connectivity index (χ1n) is 7.39. The highest BCUT2D eigenvalue weighted by molar-refractivity contribution is 5.34. The van der Waals surface area contributed by atoms with Gasteiger partial charge in [-0.1, -0.05) is 42.2 Å². The van der Waals surface area contributed by atoms with Crippen molar-refractivity contribution in [2.45, 2.75) is 25.4 Å². The van der Waals surface area contributed by atoms with Crippen molar-refractivity contribution < 1.29 is 4.74 Å². The van der Waals surface area contributed by atoms with Crippen LogP contribution in [0, 0.1) is 11.8 Å². The molecule has 0 amide bonds. The minimum absolute atomic E-state index is 0.411. The van der Waals surface area contributed by atoms with Gasteiger partial charge in [-0.15, -0.1) is 0 Å². The van der Waals surface area contributed by atoms with Gasteiger partial charge in [-0.05, 0) is 42.7 Å². The largest absolute Gasteiger partial charge is 0.481 e. The van der Waals surface area contributed by atoms with Crippen molar-refractivity contribution in [3.05, 3.63) is 65.7 Å². The van der Waals surface area contributed by atoms with Crippen LogP contribution in [0.2, 0.25) is 0 Å². The summed E-state index contributed by atoms with van der Waals surface area (Å²) in [6.07, 6.45) is 2.62. The summed E-state index contributed by atoms with van der Waals surface area (Å²) in [5.41, 5.74) is 2.28. The summed E-state index contributed by atoms with van der Waals surface area (Å²) in [7, 11) is 0. The first-order chi connectivity index (χ1) is 10.4. The second kappa shape index (κ2) is 6.97. The molecule has 2 aromatic rings. The van der Waals surface area contributed by atoms with E-state index in [4.69, 9.17) is 4.74 Å². The first-order valence-corrected chi connectivity index (χ1v) is 7.39. The van der Waals surface area contributed by atoms with Crippen molar-refractivity contribution in [1.82, 2.24) is 5.32 Å². The Morgan fingerprint density at radius 2 is 1.90 bits per heavy atom. The van der Waals surface area contributed by atoms with Crippen molar-refractivity contribution in [1.29, 1.82) is 0 Å². The van der Waals surface area contributed by atoms with Gasteiger partial charge < -0.3 is 10.1 Å². The van der Waals surface area contributed by atoms with Crippen LogP contribution >= 0.6 is 0 Å². The van der Waals surface area contributed by atoms with Gasteiger partial charge in [0.1, 0.15) is 12.4 Å². The number of hydrogen-bond acceptors (Lipinski definition) is 2. The molecule has 0 unspecified atom stereocenters. The molecule has 0 saturated heterocycles. The number of benzene rings is 2. The highest BCUT2D eigenvalue weighted by Crippen LogP contribution is 2.20. The fraction of sp³-hybridized carbons (Fsp3) is 0.263. The molecule has 0 atom stereocenters. The normalized spacial score (nSPS) is 13.3. The summed E-state index contributed by atoms with van der Waals surface area (Å²) in [6, 6.07) is 18.9. The number of nitrogens with one attached hydrogen (secondary N) is 1. The highest BCUT2D eigenvalue weighted by atomic mass is 16.5. The molecule has 1 aliphatic carbocycles. The maximum Gasteiger partial charge on any atom is 0.149 e. The van der Waals surface area contributed by atoms with Crippen molar-refractivity contribution in [3.63, 3.8) is 0 Å². The fourth-order valence-corrected chi connectivity index (χ4v) is 2.07. The summed E-state index contributed by atoms with van der Waals surface area (Å²) in [6.45, 7) is 1.33. The summed E-state index contributed by atoms with van der Waals surface area (Å²) >= 11 is 0. The van der Waals surface area contributed by atoms with E-state index in [-0.39, 0.29) is 0 Å². The quantitative estimate of drug-likeness (QED) is 0.846. The molecule has 21 heavy (non-hydrogen) atoms. The van der Waals surface area contributed by atoms with E-state index in [9.17, 15) is 0 Å². The van der Waals surface area contributed by atoms with Crippen LogP contribution in [-0.2, 0) is 6.54 Å². The SMILES string of the molecule is C(#Cc1ccccc1)COc1cccc(CNC2CC2)c1. The third kappa shape index (κ3) is 4.66. The summed E-state index contributed by atoms with van der Waals surface area (Å²) in [5.74, 6) is 7.01. The molecule has 2 heteroatoms. The first kappa shape index (κ1) is 13.7. The summed E-state index contributed by atoms with van der Waals surface area (Å²) in [4.78, 5) is 0. The molecule has 0 bridgehead atoms. The lowest BCUT2D eigenvalue weighted by atomic mass is 10.2. The van der Waals surface area contributed by atoms with Crippen LogP contribution in [0.25, 0.3) is 0 Å². The van der Waals surface area contributed by atoms with Gasteiger partial charge in [0.25, 0.3) is 0 Å². The molecule has 1 aliphatic rings. The van der Waals surface area contributed by atoms with Gasteiger partial charge in [0, 0.05) is 18.2 Å². The molecule has 0 aliphatic heterocycles. The van der Waals surface area contributed by atoms with Crippen LogP contribution in [-0.4, -0.2) is 12.6 Å². The Bertz CT molecular complexity index is 635. The Morgan fingerprint density at radius 1 is 1.05 bits per heavy atom. The Kier molecular flexibility index (Phi) is 4.55. The Balaban J connectivity index is 1.50. The molecule has 1 fully saturated rings. The smallest absolute Gasteiger partial charge is 0.149 e. The number of hydrogen-bond donors (Lipinski definition) is 1. The van der Waals surface area contributed by atoms with Gasteiger partial charge in [0.2, 0.25) is 0 Å². The molecule has 0 heterocycles. The van der Waals surface area contributed by atoms with E-state index in [0.717, 1.165) is 23.9 Å². The van der Waals surface area contributed by atoms with Crippen molar-refractivity contribution in [2.75, 3.05) is 6.61 Å². The number of rotatable bonds is 5. The van der Waals surface area contributed by atoms with Crippen molar-refractivity contribution in [3.8, 4) is 17.6 Å². The average molecular weight is 277 g/mol. The Labute approximate surface area is 126 Å². The topological polar surface area (TPSA) is 21.3 Å². The van der Waals surface area contributed by atoms with E-state index in [2.05, 4.69) is 29.3 Å². The van der Waals surface area contributed by atoms with Crippen LogP contribution < -0.4 is 10.1 Å². The zero-order valence-corrected chi connectivity index (χ0v) is 12.0. The van der Waals surface area contributed by atoms with Gasteiger partial charge in [-0.3, -0.25) is 0 Å². The highest BCUT2D eigenvalue weighted by Gasteiger charge is 2.19. The Hall–Kier alpha value is -2.24. The number of ether oxygens (including phenoxy) is 1. The lowest BCUT2D eigenvalue weighted by molar-refractivity contribution is 0.369. The molecule has 2 nitrogen and oxygen atoms in total. The molecule has 0 aromatic heterocycles. The van der Waals surface area contributed by atoms with E-state index in [1.165, 1.54) is 18.4 Å². The van der Waals surface area contributed by atoms with E-state index in [1.54, 1.807) is 0 Å². The molecule has 0 spiro atoms. The third-order valence-corrected chi connectivity index (χ3v) is 3.39. The molecule has 1 saturated carbocycles. The molecule has 2 aromatic carbocycles. The van der Waals surface area contributed by atoms with Gasteiger partial charge in [-0.2, -0.15) is 0 Å². The maximum absolute atomic E-state index is 5.69. The minimum atomic E-state index is 0.411. The standard InChI is InChI=1S/C19H19NO/c1-2-6-16(7-3-1)9-5-13-21-19-10-4-8-17(14-19)15-20-18-11-12-18/h1-4,6-8,10,14,18,20H,11-13,15H2. The van der Waals surface area contributed by atoms with Crippen LogP contribution in [0.15, 0.2) is 54.6 Å². The second-order valence-corrected chi connectivity index (χ2v) is 5.26. The molecular weight excluding hydrogens is 258 g/mol. The zero-order chi connectivity index (χ0) is 14.3. The lowest BCUT2D eigenvalue weighted by Gasteiger charge is -2.06. The molecular formula is C19H19NO. The van der Waals surface area contributed by atoms with Crippen LogP contribution in [0.1, 0.15) is 24.0 Å². The predicted molar refractivity (Wildman–Crippen MR) is 85.1 cm³/mol. The average Bonchev–Trinajstić information content (AvgIpc) is 3.35. The molecule has 0 radical (unpaired) electrons. The second-order valence-electron chi connectivity index (χ2n) is 5.26.